The van der Waals surface area contributed by atoms with E-state index in [0.717, 1.165) is 0 Å². The lowest BCUT2D eigenvalue weighted by Crippen LogP contribution is -2.02. The molecule has 1 aromatic rings. The van der Waals surface area contributed by atoms with Gasteiger partial charge in [0.25, 0.3) is 0 Å². The number of unbranched alkanes of at least 4 members (excludes halogenated alkanes) is 1. The van der Waals surface area contributed by atoms with E-state index in [-0.39, 0.29) is 29.5 Å². The number of hydrogen-bond acceptors (Lipinski definition) is 4. The number of aliphatic carboxylic acids is 1. The molecule has 6 nitrogen and oxygen atoms in total. The van der Waals surface area contributed by atoms with Crippen LogP contribution < -0.4 is 4.74 Å². The second-order valence-corrected chi connectivity index (χ2v) is 3.95. The number of para-hydroxylation sites is 1. The molecule has 0 spiro atoms. The Morgan fingerprint density at radius 2 is 2.17 bits per heavy atom. The summed E-state index contributed by atoms with van der Waals surface area (Å²) in [5.41, 5.74) is -0.194. The van der Waals surface area contributed by atoms with Crippen LogP contribution in [-0.2, 0) is 4.79 Å². The fourth-order valence-corrected chi connectivity index (χ4v) is 1.56. The summed E-state index contributed by atoms with van der Waals surface area (Å²) in [4.78, 5) is 20.4. The van der Waals surface area contributed by atoms with Crippen molar-refractivity contribution < 1.29 is 19.6 Å². The number of halogens is 1. The van der Waals surface area contributed by atoms with Crippen molar-refractivity contribution in [2.45, 2.75) is 19.3 Å². The van der Waals surface area contributed by atoms with E-state index in [4.69, 9.17) is 21.4 Å². The molecule has 0 fully saturated rings. The van der Waals surface area contributed by atoms with Crippen LogP contribution in [0.1, 0.15) is 19.3 Å². The third kappa shape index (κ3) is 4.21. The van der Waals surface area contributed by atoms with Crippen molar-refractivity contribution in [2.24, 2.45) is 0 Å². The van der Waals surface area contributed by atoms with Crippen molar-refractivity contribution in [3.63, 3.8) is 0 Å². The average molecular weight is 274 g/mol. The molecule has 0 saturated carbocycles. The lowest BCUT2D eigenvalue weighted by Gasteiger charge is -2.07. The Kier molecular flexibility index (Phi) is 5.38. The quantitative estimate of drug-likeness (QED) is 0.469. The van der Waals surface area contributed by atoms with Crippen molar-refractivity contribution >= 4 is 23.3 Å². The fourth-order valence-electron chi connectivity index (χ4n) is 1.34. The highest BCUT2D eigenvalue weighted by Crippen LogP contribution is 2.34. The zero-order chi connectivity index (χ0) is 13.5. The van der Waals surface area contributed by atoms with Crippen LogP contribution in [0.5, 0.6) is 5.75 Å². The Labute approximate surface area is 108 Å². The van der Waals surface area contributed by atoms with E-state index in [0.29, 0.717) is 12.8 Å². The second-order valence-electron chi connectivity index (χ2n) is 3.54. The third-order valence-corrected chi connectivity index (χ3v) is 2.47. The predicted molar refractivity (Wildman–Crippen MR) is 65.1 cm³/mol. The van der Waals surface area contributed by atoms with Gasteiger partial charge >= 0.3 is 11.7 Å². The van der Waals surface area contributed by atoms with E-state index in [1.165, 1.54) is 18.2 Å². The summed E-state index contributed by atoms with van der Waals surface area (Å²) in [5.74, 6) is -0.849. The zero-order valence-electron chi connectivity index (χ0n) is 9.47. The minimum absolute atomic E-state index is 0.0273. The number of nitrogens with zero attached hydrogens (tertiary/aromatic N) is 1. The number of carboxylic acids is 1. The molecule has 7 heteroatoms. The standard InChI is InChI=1S/C11H12ClNO5/c12-8-4-3-5-9(13(16)17)11(8)18-7-2-1-6-10(14)15/h3-5H,1-2,6-7H2,(H,14,15). The van der Waals surface area contributed by atoms with Crippen LogP contribution in [0.15, 0.2) is 18.2 Å². The number of nitro benzene ring substituents is 1. The van der Waals surface area contributed by atoms with Crippen molar-refractivity contribution in [1.82, 2.24) is 0 Å². The molecule has 0 bridgehead atoms. The molecule has 0 aliphatic carbocycles. The minimum atomic E-state index is -0.876. The van der Waals surface area contributed by atoms with Gasteiger partial charge < -0.3 is 9.84 Å². The predicted octanol–water partition coefficient (Wildman–Crippen LogP) is 2.88. The first kappa shape index (κ1) is 14.2. The molecule has 0 radical (unpaired) electrons. The van der Waals surface area contributed by atoms with E-state index in [2.05, 4.69) is 0 Å². The number of carbonyl (C=O) groups is 1. The van der Waals surface area contributed by atoms with Gasteiger partial charge in [0.05, 0.1) is 16.6 Å². The van der Waals surface area contributed by atoms with Crippen LogP contribution >= 0.6 is 11.6 Å². The molecular weight excluding hydrogens is 262 g/mol. The number of benzene rings is 1. The number of nitro groups is 1. The molecule has 1 N–H and O–H groups in total. The van der Waals surface area contributed by atoms with Crippen LogP contribution in [0.3, 0.4) is 0 Å². The van der Waals surface area contributed by atoms with Crippen LogP contribution in [0.2, 0.25) is 5.02 Å². The van der Waals surface area contributed by atoms with Crippen LogP contribution in [0, 0.1) is 10.1 Å². The van der Waals surface area contributed by atoms with Crippen molar-refractivity contribution in [3.05, 3.63) is 33.3 Å². The topological polar surface area (TPSA) is 89.7 Å². The van der Waals surface area contributed by atoms with Crippen LogP contribution in [0.4, 0.5) is 5.69 Å². The summed E-state index contributed by atoms with van der Waals surface area (Å²) < 4.78 is 5.24. The van der Waals surface area contributed by atoms with E-state index in [1.54, 1.807) is 0 Å². The number of ether oxygens (including phenoxy) is 1. The Hall–Kier alpha value is -1.82. The molecule has 98 valence electrons. The van der Waals surface area contributed by atoms with Crippen molar-refractivity contribution in [1.29, 1.82) is 0 Å². The van der Waals surface area contributed by atoms with E-state index >= 15 is 0 Å². The van der Waals surface area contributed by atoms with Gasteiger partial charge in [0.15, 0.2) is 0 Å². The van der Waals surface area contributed by atoms with E-state index in [1.807, 2.05) is 0 Å². The Morgan fingerprint density at radius 1 is 1.44 bits per heavy atom. The smallest absolute Gasteiger partial charge is 0.312 e. The summed E-state index contributed by atoms with van der Waals surface area (Å²) >= 11 is 5.81. The number of hydrogen-bond donors (Lipinski definition) is 1. The van der Waals surface area contributed by atoms with Gasteiger partial charge in [-0.2, -0.15) is 0 Å². The Balaban J connectivity index is 2.56. The van der Waals surface area contributed by atoms with Gasteiger partial charge in [0, 0.05) is 12.5 Å². The van der Waals surface area contributed by atoms with Gasteiger partial charge in [-0.15, -0.1) is 0 Å². The minimum Gasteiger partial charge on any atom is -0.486 e. The first-order valence-electron chi connectivity index (χ1n) is 5.30. The lowest BCUT2D eigenvalue weighted by molar-refractivity contribution is -0.385. The van der Waals surface area contributed by atoms with Gasteiger partial charge in [-0.1, -0.05) is 17.7 Å². The lowest BCUT2D eigenvalue weighted by atomic mass is 10.2. The molecule has 1 aromatic carbocycles. The molecular formula is C11H12ClNO5. The highest BCUT2D eigenvalue weighted by atomic mass is 35.5. The molecule has 0 amide bonds. The molecule has 0 aliphatic rings. The van der Waals surface area contributed by atoms with Crippen LogP contribution in [-0.4, -0.2) is 22.6 Å². The largest absolute Gasteiger partial charge is 0.486 e. The molecule has 0 aliphatic heterocycles. The van der Waals surface area contributed by atoms with Gasteiger partial charge in [-0.25, -0.2) is 0 Å². The Morgan fingerprint density at radius 3 is 2.78 bits per heavy atom. The second kappa shape index (κ2) is 6.80. The maximum Gasteiger partial charge on any atom is 0.312 e. The van der Waals surface area contributed by atoms with Gasteiger partial charge in [0.1, 0.15) is 0 Å². The fraction of sp³-hybridized carbons (Fsp3) is 0.364. The van der Waals surface area contributed by atoms with Crippen LogP contribution in [0.25, 0.3) is 0 Å². The monoisotopic (exact) mass is 273 g/mol. The highest BCUT2D eigenvalue weighted by Gasteiger charge is 2.17. The highest BCUT2D eigenvalue weighted by molar-refractivity contribution is 6.32. The molecule has 0 heterocycles. The molecule has 18 heavy (non-hydrogen) atoms. The molecule has 0 atom stereocenters. The normalized spacial score (nSPS) is 10.1. The van der Waals surface area contributed by atoms with Crippen molar-refractivity contribution in [3.8, 4) is 5.75 Å². The van der Waals surface area contributed by atoms with E-state index in [9.17, 15) is 14.9 Å². The SMILES string of the molecule is O=C(O)CCCCOc1c(Cl)cccc1[N+](=O)[O-]. The summed E-state index contributed by atoms with van der Waals surface area (Å²) in [6.07, 6.45) is 0.996. The molecule has 0 unspecified atom stereocenters. The molecule has 1 rings (SSSR count). The summed E-state index contributed by atoms with van der Waals surface area (Å²) in [6.45, 7) is 0.192. The summed E-state index contributed by atoms with van der Waals surface area (Å²) in [7, 11) is 0. The number of rotatable bonds is 7. The third-order valence-electron chi connectivity index (χ3n) is 2.17. The summed E-state index contributed by atoms with van der Waals surface area (Å²) in [6, 6.07) is 4.28. The Bertz CT molecular complexity index is 449. The molecule has 0 aromatic heterocycles. The van der Waals surface area contributed by atoms with E-state index < -0.39 is 10.9 Å². The average Bonchev–Trinajstić information content (AvgIpc) is 2.29. The molecule has 0 saturated heterocycles. The zero-order valence-corrected chi connectivity index (χ0v) is 10.2. The summed E-state index contributed by atoms with van der Waals surface area (Å²) in [5, 5.41) is 19.3. The van der Waals surface area contributed by atoms with Gasteiger partial charge in [-0.05, 0) is 18.9 Å². The first-order valence-corrected chi connectivity index (χ1v) is 5.67. The first-order chi connectivity index (χ1) is 8.52. The number of carboxylic acid groups (broad SMARTS) is 1. The van der Waals surface area contributed by atoms with Crippen molar-refractivity contribution in [2.75, 3.05) is 6.61 Å². The van der Waals surface area contributed by atoms with Gasteiger partial charge in [0.2, 0.25) is 5.75 Å². The van der Waals surface area contributed by atoms with Gasteiger partial charge in [-0.3, -0.25) is 14.9 Å². The maximum absolute atomic E-state index is 10.7. The maximum atomic E-state index is 10.7.